The van der Waals surface area contributed by atoms with Crippen LogP contribution in [0.5, 0.6) is 17.2 Å². The van der Waals surface area contributed by atoms with E-state index in [4.69, 9.17) is 23.7 Å². The van der Waals surface area contributed by atoms with Gasteiger partial charge in [0.1, 0.15) is 5.75 Å². The van der Waals surface area contributed by atoms with Crippen molar-refractivity contribution in [1.29, 1.82) is 0 Å². The number of cyclic esters (lactones) is 1. The van der Waals surface area contributed by atoms with Crippen LogP contribution in [0.1, 0.15) is 18.1 Å². The van der Waals surface area contributed by atoms with Gasteiger partial charge in [-0.05, 0) is 55.0 Å². The maximum Gasteiger partial charge on any atom is 0.363 e. The molecule has 30 heavy (non-hydrogen) atoms. The number of methoxy groups -OCH3 is 2. The SMILES string of the molecule is CCOC(=O)COc1ccc(/C=C2/N=C(c3ccc(OC)cc3)OC2=O)cc1OC. The van der Waals surface area contributed by atoms with Gasteiger partial charge < -0.3 is 23.7 Å². The van der Waals surface area contributed by atoms with E-state index in [0.29, 0.717) is 28.4 Å². The van der Waals surface area contributed by atoms with E-state index in [1.54, 1.807) is 62.6 Å². The zero-order chi connectivity index (χ0) is 21.5. The summed E-state index contributed by atoms with van der Waals surface area (Å²) in [7, 11) is 3.05. The van der Waals surface area contributed by atoms with Crippen molar-refractivity contribution in [3.8, 4) is 17.2 Å². The van der Waals surface area contributed by atoms with E-state index in [1.165, 1.54) is 7.11 Å². The van der Waals surface area contributed by atoms with Crippen LogP contribution in [0.3, 0.4) is 0 Å². The van der Waals surface area contributed by atoms with Gasteiger partial charge in [0.2, 0.25) is 5.90 Å². The smallest absolute Gasteiger partial charge is 0.363 e. The van der Waals surface area contributed by atoms with Crippen LogP contribution < -0.4 is 14.2 Å². The highest BCUT2D eigenvalue weighted by atomic mass is 16.6. The molecule has 0 aromatic heterocycles. The summed E-state index contributed by atoms with van der Waals surface area (Å²) in [5.74, 6) is 0.665. The number of hydrogen-bond donors (Lipinski definition) is 0. The molecule has 0 amide bonds. The summed E-state index contributed by atoms with van der Waals surface area (Å²) in [6.45, 7) is 1.77. The minimum Gasteiger partial charge on any atom is -0.497 e. The average Bonchev–Trinajstić information content (AvgIpc) is 3.13. The van der Waals surface area contributed by atoms with Crippen molar-refractivity contribution in [1.82, 2.24) is 0 Å². The maximum atomic E-state index is 12.2. The number of carbonyl (C=O) groups is 2. The van der Waals surface area contributed by atoms with Crippen molar-refractivity contribution in [3.05, 3.63) is 59.3 Å². The largest absolute Gasteiger partial charge is 0.497 e. The lowest BCUT2D eigenvalue weighted by molar-refractivity contribution is -0.145. The van der Waals surface area contributed by atoms with E-state index >= 15 is 0 Å². The first-order chi connectivity index (χ1) is 14.5. The topological polar surface area (TPSA) is 92.7 Å². The predicted octanol–water partition coefficient (Wildman–Crippen LogP) is 2.99. The normalized spacial score (nSPS) is 14.2. The number of rotatable bonds is 8. The zero-order valence-corrected chi connectivity index (χ0v) is 16.8. The number of benzene rings is 2. The fourth-order valence-corrected chi connectivity index (χ4v) is 2.66. The van der Waals surface area contributed by atoms with Crippen molar-refractivity contribution in [2.75, 3.05) is 27.4 Å². The lowest BCUT2D eigenvalue weighted by Gasteiger charge is -2.10. The third kappa shape index (κ3) is 4.96. The first-order valence-corrected chi connectivity index (χ1v) is 9.17. The van der Waals surface area contributed by atoms with E-state index < -0.39 is 11.9 Å². The fraction of sp³-hybridized carbons (Fsp3) is 0.227. The van der Waals surface area contributed by atoms with Crippen LogP contribution >= 0.6 is 0 Å². The zero-order valence-electron chi connectivity index (χ0n) is 16.8. The third-order valence-electron chi connectivity index (χ3n) is 4.10. The summed E-state index contributed by atoms with van der Waals surface area (Å²) in [6, 6.07) is 12.0. The van der Waals surface area contributed by atoms with Gasteiger partial charge in [-0.15, -0.1) is 0 Å². The molecule has 3 rings (SSSR count). The highest BCUT2D eigenvalue weighted by Gasteiger charge is 2.24. The molecular formula is C22H21NO7. The van der Waals surface area contributed by atoms with Crippen molar-refractivity contribution < 1.29 is 33.3 Å². The Bertz CT molecular complexity index is 993. The monoisotopic (exact) mass is 411 g/mol. The maximum absolute atomic E-state index is 12.2. The van der Waals surface area contributed by atoms with Crippen molar-refractivity contribution in [3.63, 3.8) is 0 Å². The minimum absolute atomic E-state index is 0.156. The Morgan fingerprint density at radius 3 is 2.50 bits per heavy atom. The molecule has 0 unspecified atom stereocenters. The number of hydrogen-bond acceptors (Lipinski definition) is 8. The molecule has 0 N–H and O–H groups in total. The summed E-state index contributed by atoms with van der Waals surface area (Å²) in [5, 5.41) is 0. The van der Waals surface area contributed by atoms with Crippen molar-refractivity contribution >= 4 is 23.9 Å². The molecule has 0 bridgehead atoms. The second kappa shape index (κ2) is 9.60. The molecule has 2 aromatic carbocycles. The van der Waals surface area contributed by atoms with Crippen molar-refractivity contribution in [2.24, 2.45) is 4.99 Å². The molecule has 1 aliphatic rings. The number of aliphatic imine (C=N–C) groups is 1. The quantitative estimate of drug-likeness (QED) is 0.487. The Morgan fingerprint density at radius 1 is 1.07 bits per heavy atom. The Balaban J connectivity index is 1.78. The second-order valence-corrected chi connectivity index (χ2v) is 6.07. The molecule has 0 radical (unpaired) electrons. The molecule has 0 saturated heterocycles. The number of nitrogens with zero attached hydrogens (tertiary/aromatic N) is 1. The molecule has 8 nitrogen and oxygen atoms in total. The fourth-order valence-electron chi connectivity index (χ4n) is 2.66. The van der Waals surface area contributed by atoms with Gasteiger partial charge in [-0.3, -0.25) is 0 Å². The van der Waals surface area contributed by atoms with Gasteiger partial charge in [0.15, 0.2) is 23.8 Å². The molecule has 156 valence electrons. The van der Waals surface area contributed by atoms with Crippen LogP contribution in [-0.2, 0) is 19.1 Å². The first-order valence-electron chi connectivity index (χ1n) is 9.17. The third-order valence-corrected chi connectivity index (χ3v) is 4.10. The van der Waals surface area contributed by atoms with E-state index in [2.05, 4.69) is 4.99 Å². The van der Waals surface area contributed by atoms with Gasteiger partial charge in [-0.25, -0.2) is 14.6 Å². The predicted molar refractivity (Wildman–Crippen MR) is 109 cm³/mol. The number of carbonyl (C=O) groups excluding carboxylic acids is 2. The van der Waals surface area contributed by atoms with Gasteiger partial charge in [0, 0.05) is 5.56 Å². The van der Waals surface area contributed by atoms with Gasteiger partial charge in [-0.1, -0.05) is 6.07 Å². The van der Waals surface area contributed by atoms with Crippen LogP contribution in [0.2, 0.25) is 0 Å². The van der Waals surface area contributed by atoms with Gasteiger partial charge in [0.25, 0.3) is 0 Å². The average molecular weight is 411 g/mol. The van der Waals surface area contributed by atoms with Crippen LogP contribution in [0.4, 0.5) is 0 Å². The van der Waals surface area contributed by atoms with E-state index in [1.807, 2.05) is 0 Å². The molecule has 0 saturated carbocycles. The lowest BCUT2D eigenvalue weighted by Crippen LogP contribution is -2.14. The Morgan fingerprint density at radius 2 is 1.83 bits per heavy atom. The molecule has 1 aliphatic heterocycles. The van der Waals surface area contributed by atoms with E-state index in [-0.39, 0.29) is 24.8 Å². The molecule has 1 heterocycles. The Labute approximate surface area is 173 Å². The molecule has 8 heteroatoms. The molecule has 0 aliphatic carbocycles. The molecule has 0 fully saturated rings. The highest BCUT2D eigenvalue weighted by molar-refractivity contribution is 6.12. The molecule has 0 spiro atoms. The Hall–Kier alpha value is -3.81. The second-order valence-electron chi connectivity index (χ2n) is 6.07. The summed E-state index contributed by atoms with van der Waals surface area (Å²) in [4.78, 5) is 28.0. The standard InChI is InChI=1S/C22H21NO7/c1-4-28-20(24)13-29-18-10-5-14(12-19(18)27-3)11-17-22(25)30-21(23-17)15-6-8-16(26-2)9-7-15/h5-12H,4,13H2,1-3H3/b17-11+. The van der Waals surface area contributed by atoms with Crippen LogP contribution in [0.25, 0.3) is 6.08 Å². The molecule has 0 atom stereocenters. The van der Waals surface area contributed by atoms with Crippen LogP contribution in [0.15, 0.2) is 53.2 Å². The lowest BCUT2D eigenvalue weighted by atomic mass is 10.1. The summed E-state index contributed by atoms with van der Waals surface area (Å²) >= 11 is 0. The first kappa shape index (κ1) is 20.9. The van der Waals surface area contributed by atoms with E-state index in [0.717, 1.165) is 0 Å². The Kier molecular flexibility index (Phi) is 6.69. The summed E-state index contributed by atoms with van der Waals surface area (Å²) in [6.07, 6.45) is 1.58. The highest BCUT2D eigenvalue weighted by Crippen LogP contribution is 2.30. The summed E-state index contributed by atoms with van der Waals surface area (Å²) in [5.41, 5.74) is 1.47. The van der Waals surface area contributed by atoms with Crippen molar-refractivity contribution in [2.45, 2.75) is 6.92 Å². The number of ether oxygens (including phenoxy) is 5. The molecule has 2 aromatic rings. The number of esters is 2. The summed E-state index contributed by atoms with van der Waals surface area (Å²) < 4.78 is 26.0. The van der Waals surface area contributed by atoms with Gasteiger partial charge in [0.05, 0.1) is 20.8 Å². The van der Waals surface area contributed by atoms with Gasteiger partial charge in [-0.2, -0.15) is 0 Å². The van der Waals surface area contributed by atoms with Gasteiger partial charge >= 0.3 is 11.9 Å². The van der Waals surface area contributed by atoms with Crippen LogP contribution in [-0.4, -0.2) is 45.3 Å². The molecular weight excluding hydrogens is 390 g/mol. The van der Waals surface area contributed by atoms with Crippen LogP contribution in [0, 0.1) is 0 Å². The minimum atomic E-state index is -0.553. The van der Waals surface area contributed by atoms with E-state index in [9.17, 15) is 9.59 Å².